The van der Waals surface area contributed by atoms with Gasteiger partial charge in [-0.1, -0.05) is 20.8 Å². The van der Waals surface area contributed by atoms with Crippen molar-refractivity contribution < 1.29 is 14.6 Å². The van der Waals surface area contributed by atoms with Crippen LogP contribution in [0.3, 0.4) is 0 Å². The van der Waals surface area contributed by atoms with E-state index in [2.05, 4.69) is 31.8 Å². The first-order valence-corrected chi connectivity index (χ1v) is 12.2. The first kappa shape index (κ1) is 25.0. The maximum atomic E-state index is 11.3. The van der Waals surface area contributed by atoms with E-state index in [0.717, 1.165) is 42.5 Å². The van der Waals surface area contributed by atoms with Gasteiger partial charge < -0.3 is 4.74 Å². The molecule has 0 radical (unpaired) electrons. The van der Waals surface area contributed by atoms with Crippen LogP contribution < -0.4 is 4.74 Å². The van der Waals surface area contributed by atoms with Crippen molar-refractivity contribution in [3.63, 3.8) is 0 Å². The number of hydrogen-bond acceptors (Lipinski definition) is 8. The molecule has 0 N–H and O–H groups in total. The molecule has 0 saturated heterocycles. The van der Waals surface area contributed by atoms with E-state index >= 15 is 0 Å². The Balaban J connectivity index is 1.51. The molecular weight excluding hydrogens is 480 g/mol. The van der Waals surface area contributed by atoms with Crippen LogP contribution in [0, 0.1) is 42.9 Å². The second-order valence-corrected chi connectivity index (χ2v) is 10.8. The summed E-state index contributed by atoms with van der Waals surface area (Å²) in [6.45, 7) is 6.77. The molecule has 1 aliphatic carbocycles. The molecule has 0 bridgehead atoms. The van der Waals surface area contributed by atoms with Gasteiger partial charge in [0.15, 0.2) is 0 Å². The lowest BCUT2D eigenvalue weighted by atomic mass is 9.72. The molecule has 0 spiro atoms. The van der Waals surface area contributed by atoms with Crippen molar-refractivity contribution in [2.45, 2.75) is 40.0 Å². The number of nitro benzene ring substituents is 2. The van der Waals surface area contributed by atoms with Gasteiger partial charge >= 0.3 is 5.69 Å². The van der Waals surface area contributed by atoms with Gasteiger partial charge in [-0.05, 0) is 72.1 Å². The molecule has 0 saturated carbocycles. The summed E-state index contributed by atoms with van der Waals surface area (Å²) in [5, 5.41) is 32.7. The van der Waals surface area contributed by atoms with Crippen LogP contribution in [0.1, 0.15) is 48.8 Å². The van der Waals surface area contributed by atoms with E-state index in [1.54, 1.807) is 41.8 Å². The molecule has 10 heteroatoms. The topological polar surface area (TPSA) is 132 Å². The number of rotatable bonds is 6. The van der Waals surface area contributed by atoms with Crippen molar-refractivity contribution >= 4 is 33.9 Å². The molecule has 184 valence electrons. The number of ether oxygens (including phenoxy) is 1. The highest BCUT2D eigenvalue weighted by molar-refractivity contribution is 7.16. The Bertz CT molecular complexity index is 1400. The lowest BCUT2D eigenvalue weighted by Gasteiger charge is -2.33. The van der Waals surface area contributed by atoms with Crippen molar-refractivity contribution in [3.05, 3.63) is 84.3 Å². The van der Waals surface area contributed by atoms with E-state index in [4.69, 9.17) is 4.74 Å². The minimum atomic E-state index is -0.722. The average molecular weight is 505 g/mol. The van der Waals surface area contributed by atoms with Gasteiger partial charge in [0.1, 0.15) is 16.8 Å². The molecule has 1 heterocycles. The monoisotopic (exact) mass is 504 g/mol. The third kappa shape index (κ3) is 5.26. The van der Waals surface area contributed by atoms with Crippen LogP contribution >= 0.6 is 11.3 Å². The fraction of sp³-hybridized carbons (Fsp3) is 0.308. The van der Waals surface area contributed by atoms with E-state index in [1.807, 2.05) is 0 Å². The summed E-state index contributed by atoms with van der Waals surface area (Å²) in [5.41, 5.74) is 1.89. The third-order valence-corrected chi connectivity index (χ3v) is 7.53. The van der Waals surface area contributed by atoms with Gasteiger partial charge in [-0.3, -0.25) is 20.2 Å². The van der Waals surface area contributed by atoms with E-state index < -0.39 is 15.5 Å². The third-order valence-electron chi connectivity index (χ3n) is 6.37. The second kappa shape index (κ2) is 9.87. The zero-order valence-corrected chi connectivity index (χ0v) is 20.9. The number of nitro groups is 2. The highest BCUT2D eigenvalue weighted by Gasteiger charge is 2.32. The second-order valence-electron chi connectivity index (χ2n) is 9.70. The summed E-state index contributed by atoms with van der Waals surface area (Å²) in [6.07, 6.45) is 4.61. The molecule has 0 amide bonds. The predicted octanol–water partition coefficient (Wildman–Crippen LogP) is 7.13. The Morgan fingerprint density at radius 3 is 2.47 bits per heavy atom. The number of hydrogen-bond donors (Lipinski definition) is 0. The molecule has 0 fully saturated rings. The van der Waals surface area contributed by atoms with E-state index in [-0.39, 0.29) is 16.9 Å². The minimum absolute atomic E-state index is 0.0941. The lowest BCUT2D eigenvalue weighted by molar-refractivity contribution is -0.394. The van der Waals surface area contributed by atoms with Crippen LogP contribution in [0.4, 0.5) is 16.4 Å². The summed E-state index contributed by atoms with van der Waals surface area (Å²) in [5.74, 6) is 0.816. The Morgan fingerprint density at radius 1 is 1.14 bits per heavy atom. The first-order chi connectivity index (χ1) is 17.1. The molecule has 1 atom stereocenters. The van der Waals surface area contributed by atoms with Crippen molar-refractivity contribution in [2.75, 3.05) is 0 Å². The summed E-state index contributed by atoms with van der Waals surface area (Å²) in [6, 6.07) is 12.3. The van der Waals surface area contributed by atoms with Crippen LogP contribution in [0.25, 0.3) is 0 Å². The summed E-state index contributed by atoms with van der Waals surface area (Å²) < 4.78 is 5.60. The number of fused-ring (bicyclic) bond motifs is 1. The zero-order valence-electron chi connectivity index (χ0n) is 20.1. The van der Waals surface area contributed by atoms with Gasteiger partial charge in [0.25, 0.3) is 5.69 Å². The Morgan fingerprint density at radius 2 is 1.86 bits per heavy atom. The van der Waals surface area contributed by atoms with Gasteiger partial charge in [0, 0.05) is 17.2 Å². The molecular formula is C26H24N4O5S. The van der Waals surface area contributed by atoms with Gasteiger partial charge in [-0.25, -0.2) is 4.99 Å². The molecule has 3 aromatic rings. The Labute approximate surface area is 212 Å². The van der Waals surface area contributed by atoms with Gasteiger partial charge in [0.05, 0.1) is 21.5 Å². The van der Waals surface area contributed by atoms with E-state index in [1.165, 1.54) is 10.9 Å². The Hall–Kier alpha value is -4.10. The zero-order chi connectivity index (χ0) is 26.0. The van der Waals surface area contributed by atoms with Crippen LogP contribution in [-0.2, 0) is 12.8 Å². The highest BCUT2D eigenvalue weighted by Crippen LogP contribution is 2.45. The van der Waals surface area contributed by atoms with Crippen LogP contribution in [0.15, 0.2) is 47.5 Å². The summed E-state index contributed by atoms with van der Waals surface area (Å²) in [7, 11) is 0. The molecule has 1 aromatic heterocycles. The summed E-state index contributed by atoms with van der Waals surface area (Å²) in [4.78, 5) is 26.6. The standard InChI is InChI=1S/C26H24N4O5S/c1-26(2,3)17-6-10-20-21(14-27)25(36-24(20)12-17)28-15-16-4-8-19(9-5-16)35-23-11-7-18(29(31)32)13-22(23)30(33)34/h4-5,7-9,11,13,15,17H,6,10,12H2,1-3H3/t17-/m1/s1. The number of nitrogens with zero attached hydrogens (tertiary/aromatic N) is 4. The quantitative estimate of drug-likeness (QED) is 0.199. The normalized spacial score (nSPS) is 15.3. The molecule has 0 aliphatic heterocycles. The van der Waals surface area contributed by atoms with Crippen LogP contribution in [-0.4, -0.2) is 16.1 Å². The summed E-state index contributed by atoms with van der Waals surface area (Å²) >= 11 is 1.58. The number of nitriles is 1. The lowest BCUT2D eigenvalue weighted by Crippen LogP contribution is -2.26. The predicted molar refractivity (Wildman–Crippen MR) is 138 cm³/mol. The first-order valence-electron chi connectivity index (χ1n) is 11.4. The van der Waals surface area contributed by atoms with Gasteiger partial charge in [-0.2, -0.15) is 5.26 Å². The fourth-order valence-corrected chi connectivity index (χ4v) is 5.47. The maximum absolute atomic E-state index is 11.3. The number of aliphatic imine (C=N–C) groups is 1. The van der Waals surface area contributed by atoms with Crippen LogP contribution in [0.2, 0.25) is 0 Å². The Kier molecular flexibility index (Phi) is 6.86. The fourth-order valence-electron chi connectivity index (χ4n) is 4.25. The van der Waals surface area contributed by atoms with E-state index in [0.29, 0.717) is 22.2 Å². The number of thiophene rings is 1. The van der Waals surface area contributed by atoms with Crippen molar-refractivity contribution in [1.29, 1.82) is 5.26 Å². The van der Waals surface area contributed by atoms with Crippen molar-refractivity contribution in [1.82, 2.24) is 0 Å². The van der Waals surface area contributed by atoms with Gasteiger partial charge in [-0.15, -0.1) is 11.3 Å². The molecule has 9 nitrogen and oxygen atoms in total. The molecule has 1 aliphatic rings. The largest absolute Gasteiger partial charge is 0.450 e. The molecule has 36 heavy (non-hydrogen) atoms. The molecule has 4 rings (SSSR count). The smallest absolute Gasteiger partial charge is 0.318 e. The number of benzene rings is 2. The van der Waals surface area contributed by atoms with Gasteiger partial charge in [0.2, 0.25) is 5.75 Å². The molecule has 2 aromatic carbocycles. The van der Waals surface area contributed by atoms with Crippen molar-refractivity contribution in [3.8, 4) is 17.6 Å². The average Bonchev–Trinajstić information content (AvgIpc) is 3.19. The molecule has 0 unspecified atom stereocenters. The SMILES string of the molecule is CC(C)(C)[C@@H]1CCc2c(sc(N=Cc3ccc(Oc4ccc([N+](=O)[O-])cc4[N+](=O)[O-])cc3)c2C#N)C1. The maximum Gasteiger partial charge on any atom is 0.318 e. The van der Waals surface area contributed by atoms with Crippen molar-refractivity contribution in [2.24, 2.45) is 16.3 Å². The van der Waals surface area contributed by atoms with Crippen LogP contribution in [0.5, 0.6) is 11.5 Å². The number of non-ortho nitro benzene ring substituents is 1. The van der Waals surface area contributed by atoms with E-state index in [9.17, 15) is 25.5 Å². The highest BCUT2D eigenvalue weighted by atomic mass is 32.1. The minimum Gasteiger partial charge on any atom is -0.450 e.